The molecule has 1 amide bonds. The van der Waals surface area contributed by atoms with E-state index < -0.39 is 10.0 Å². The SMILES string of the molecule is C[C@@H](CN)NC(=O)c1ccc2c(c1)CCN2S(C)(=O)=O.Cl. The van der Waals surface area contributed by atoms with Gasteiger partial charge in [0.15, 0.2) is 0 Å². The van der Waals surface area contributed by atoms with Gasteiger partial charge in [-0.25, -0.2) is 8.42 Å². The number of hydrogen-bond donors (Lipinski definition) is 2. The summed E-state index contributed by atoms with van der Waals surface area (Å²) in [6.07, 6.45) is 1.81. The van der Waals surface area contributed by atoms with Crippen molar-refractivity contribution < 1.29 is 13.2 Å². The molecular weight excluding hydrogens is 314 g/mol. The topological polar surface area (TPSA) is 92.5 Å². The van der Waals surface area contributed by atoms with Crippen LogP contribution in [-0.4, -0.2) is 39.7 Å². The second-order valence-corrected chi connectivity index (χ2v) is 6.95. The predicted molar refractivity (Wildman–Crippen MR) is 85.6 cm³/mol. The van der Waals surface area contributed by atoms with E-state index in [0.717, 1.165) is 5.56 Å². The summed E-state index contributed by atoms with van der Waals surface area (Å²) in [5.41, 5.74) is 7.53. The number of anilines is 1. The highest BCUT2D eigenvalue weighted by Gasteiger charge is 2.26. The molecule has 118 valence electrons. The number of fused-ring (bicyclic) bond motifs is 1. The van der Waals surface area contributed by atoms with Crippen LogP contribution in [0, 0.1) is 0 Å². The number of nitrogens with zero attached hydrogens (tertiary/aromatic N) is 1. The molecule has 0 radical (unpaired) electrons. The minimum absolute atomic E-state index is 0. The molecule has 1 aliphatic heterocycles. The van der Waals surface area contributed by atoms with Gasteiger partial charge >= 0.3 is 0 Å². The Bertz CT molecular complexity index is 634. The Morgan fingerprint density at radius 2 is 2.14 bits per heavy atom. The van der Waals surface area contributed by atoms with Crippen molar-refractivity contribution in [2.75, 3.05) is 23.7 Å². The number of nitrogens with one attached hydrogen (secondary N) is 1. The van der Waals surface area contributed by atoms with Crippen LogP contribution in [0.25, 0.3) is 0 Å². The first-order valence-electron chi connectivity index (χ1n) is 6.44. The Morgan fingerprint density at radius 3 is 2.71 bits per heavy atom. The van der Waals surface area contributed by atoms with E-state index in [1.807, 2.05) is 6.92 Å². The van der Waals surface area contributed by atoms with Gasteiger partial charge in [-0.2, -0.15) is 0 Å². The largest absolute Gasteiger partial charge is 0.348 e. The lowest BCUT2D eigenvalue weighted by atomic mass is 10.1. The normalized spacial score (nSPS) is 15.1. The highest BCUT2D eigenvalue weighted by Crippen LogP contribution is 2.30. The van der Waals surface area contributed by atoms with Crippen LogP contribution in [0.3, 0.4) is 0 Å². The zero-order valence-electron chi connectivity index (χ0n) is 12.0. The molecule has 0 bridgehead atoms. The van der Waals surface area contributed by atoms with Gasteiger partial charge in [0.2, 0.25) is 10.0 Å². The molecule has 0 saturated carbocycles. The van der Waals surface area contributed by atoms with Crippen LogP contribution in [0.2, 0.25) is 0 Å². The first-order valence-corrected chi connectivity index (χ1v) is 8.29. The molecule has 0 unspecified atom stereocenters. The first-order chi connectivity index (χ1) is 9.32. The maximum Gasteiger partial charge on any atom is 0.251 e. The summed E-state index contributed by atoms with van der Waals surface area (Å²) in [5, 5.41) is 2.78. The molecule has 0 aliphatic carbocycles. The van der Waals surface area contributed by atoms with Crippen molar-refractivity contribution >= 4 is 34.0 Å². The van der Waals surface area contributed by atoms with Crippen LogP contribution < -0.4 is 15.4 Å². The summed E-state index contributed by atoms with van der Waals surface area (Å²) in [5.74, 6) is -0.191. The zero-order chi connectivity index (χ0) is 14.9. The molecule has 21 heavy (non-hydrogen) atoms. The highest BCUT2D eigenvalue weighted by atomic mass is 35.5. The minimum atomic E-state index is -3.26. The monoisotopic (exact) mass is 333 g/mol. The van der Waals surface area contributed by atoms with E-state index in [0.29, 0.717) is 30.8 Å². The fraction of sp³-hybridized carbons (Fsp3) is 0.462. The van der Waals surface area contributed by atoms with E-state index in [-0.39, 0.29) is 24.4 Å². The van der Waals surface area contributed by atoms with Gasteiger partial charge in [0.05, 0.1) is 11.9 Å². The van der Waals surface area contributed by atoms with Gasteiger partial charge < -0.3 is 11.1 Å². The molecule has 1 aliphatic rings. The molecule has 0 saturated heterocycles. The maximum atomic E-state index is 12.0. The zero-order valence-corrected chi connectivity index (χ0v) is 13.6. The number of nitrogens with two attached hydrogens (primary N) is 1. The number of hydrogen-bond acceptors (Lipinski definition) is 4. The van der Waals surface area contributed by atoms with Gasteiger partial charge in [0.25, 0.3) is 5.91 Å². The standard InChI is InChI=1S/C13H19N3O3S.ClH/c1-9(8-14)15-13(17)11-3-4-12-10(7-11)5-6-16(12)20(2,18)19;/h3-4,7,9H,5-6,8,14H2,1-2H3,(H,15,17);1H/t9-;/m0./s1. The van der Waals surface area contributed by atoms with Crippen molar-refractivity contribution in [1.29, 1.82) is 0 Å². The Balaban J connectivity index is 0.00000220. The average Bonchev–Trinajstić information content (AvgIpc) is 2.80. The van der Waals surface area contributed by atoms with Crippen LogP contribution in [-0.2, 0) is 16.4 Å². The van der Waals surface area contributed by atoms with Gasteiger partial charge in [-0.15, -0.1) is 12.4 Å². The number of rotatable bonds is 4. The van der Waals surface area contributed by atoms with Gasteiger partial charge in [-0.3, -0.25) is 9.10 Å². The van der Waals surface area contributed by atoms with Crippen LogP contribution in [0.5, 0.6) is 0 Å². The van der Waals surface area contributed by atoms with Crippen molar-refractivity contribution in [3.05, 3.63) is 29.3 Å². The second-order valence-electron chi connectivity index (χ2n) is 5.04. The Morgan fingerprint density at radius 1 is 1.48 bits per heavy atom. The van der Waals surface area contributed by atoms with E-state index >= 15 is 0 Å². The van der Waals surface area contributed by atoms with Crippen molar-refractivity contribution in [2.45, 2.75) is 19.4 Å². The summed E-state index contributed by atoms with van der Waals surface area (Å²) in [7, 11) is -3.26. The van der Waals surface area contributed by atoms with Crippen molar-refractivity contribution in [1.82, 2.24) is 5.32 Å². The molecule has 3 N–H and O–H groups in total. The van der Waals surface area contributed by atoms with Crippen molar-refractivity contribution in [3.8, 4) is 0 Å². The van der Waals surface area contributed by atoms with E-state index in [1.165, 1.54) is 10.6 Å². The first kappa shape index (κ1) is 17.7. The molecule has 8 heteroatoms. The molecule has 1 aromatic carbocycles. The lowest BCUT2D eigenvalue weighted by Crippen LogP contribution is -2.37. The fourth-order valence-corrected chi connectivity index (χ4v) is 3.18. The number of halogens is 1. The molecule has 0 fully saturated rings. The Labute approximate surface area is 131 Å². The average molecular weight is 334 g/mol. The molecule has 1 aromatic rings. The van der Waals surface area contributed by atoms with Gasteiger partial charge in [-0.1, -0.05) is 0 Å². The van der Waals surface area contributed by atoms with Crippen molar-refractivity contribution in [3.63, 3.8) is 0 Å². The molecule has 2 rings (SSSR count). The quantitative estimate of drug-likeness (QED) is 0.839. The van der Waals surface area contributed by atoms with E-state index in [1.54, 1.807) is 18.2 Å². The van der Waals surface area contributed by atoms with Gasteiger partial charge in [-0.05, 0) is 37.1 Å². The van der Waals surface area contributed by atoms with Crippen LogP contribution >= 0.6 is 12.4 Å². The van der Waals surface area contributed by atoms with Crippen LogP contribution in [0.15, 0.2) is 18.2 Å². The number of amides is 1. The Hall–Kier alpha value is -1.31. The number of benzene rings is 1. The number of sulfonamides is 1. The lowest BCUT2D eigenvalue weighted by Gasteiger charge is -2.17. The fourth-order valence-electron chi connectivity index (χ4n) is 2.22. The highest BCUT2D eigenvalue weighted by molar-refractivity contribution is 7.92. The molecule has 1 heterocycles. The molecule has 0 aromatic heterocycles. The number of carbonyl (C=O) groups excluding carboxylic acids is 1. The molecular formula is C13H20ClN3O3S. The molecule has 1 atom stereocenters. The third-order valence-electron chi connectivity index (χ3n) is 3.33. The van der Waals surface area contributed by atoms with E-state index in [2.05, 4.69) is 5.32 Å². The van der Waals surface area contributed by atoms with Crippen molar-refractivity contribution in [2.24, 2.45) is 5.73 Å². The summed E-state index contributed by atoms with van der Waals surface area (Å²) in [6, 6.07) is 4.98. The summed E-state index contributed by atoms with van der Waals surface area (Å²) in [6.45, 7) is 2.63. The van der Waals surface area contributed by atoms with E-state index in [4.69, 9.17) is 5.73 Å². The molecule has 0 spiro atoms. The van der Waals surface area contributed by atoms with Gasteiger partial charge in [0.1, 0.15) is 0 Å². The molecule has 6 nitrogen and oxygen atoms in total. The van der Waals surface area contributed by atoms with Crippen LogP contribution in [0.4, 0.5) is 5.69 Å². The van der Waals surface area contributed by atoms with E-state index in [9.17, 15) is 13.2 Å². The Kier molecular flexibility index (Phi) is 5.61. The summed E-state index contributed by atoms with van der Waals surface area (Å²) >= 11 is 0. The van der Waals surface area contributed by atoms with Gasteiger partial charge in [0, 0.05) is 24.7 Å². The minimum Gasteiger partial charge on any atom is -0.348 e. The maximum absolute atomic E-state index is 12.0. The smallest absolute Gasteiger partial charge is 0.251 e. The lowest BCUT2D eigenvalue weighted by molar-refractivity contribution is 0.0941. The third-order valence-corrected chi connectivity index (χ3v) is 4.51. The second kappa shape index (κ2) is 6.64. The third kappa shape index (κ3) is 3.87. The summed E-state index contributed by atoms with van der Waals surface area (Å²) < 4.78 is 24.6. The number of carbonyl (C=O) groups is 1. The predicted octanol–water partition coefficient (Wildman–Crippen LogP) is 0.508. The van der Waals surface area contributed by atoms with Crippen LogP contribution in [0.1, 0.15) is 22.8 Å². The summed E-state index contributed by atoms with van der Waals surface area (Å²) in [4.78, 5) is 12.0.